The minimum absolute atomic E-state index is 0.0404. The Morgan fingerprint density at radius 2 is 1.82 bits per heavy atom. The van der Waals surface area contributed by atoms with Crippen molar-refractivity contribution in [2.24, 2.45) is 0 Å². The van der Waals surface area contributed by atoms with Gasteiger partial charge in [-0.3, -0.25) is 14.5 Å². The van der Waals surface area contributed by atoms with Crippen LogP contribution in [0, 0.1) is 5.82 Å². The van der Waals surface area contributed by atoms with Crippen molar-refractivity contribution in [3.63, 3.8) is 0 Å². The van der Waals surface area contributed by atoms with Crippen molar-refractivity contribution in [2.45, 2.75) is 18.9 Å². The number of rotatable bonds is 6. The number of nitrogens with zero attached hydrogens (tertiary/aromatic N) is 2. The standard InChI is InChI=1S/C20H19ClFN3O2S/c1-24-19(27)17(12-18(26)23-16-8-6-15(22)7-9-16)25(20(24)28)11-10-13-2-4-14(21)5-3-13/h2-9,17H,10-12H2,1H3,(H,23,26)/t17-/m0/s1. The summed E-state index contributed by atoms with van der Waals surface area (Å²) in [4.78, 5) is 28.1. The van der Waals surface area contributed by atoms with Crippen LogP contribution in [-0.2, 0) is 16.0 Å². The number of halogens is 2. The van der Waals surface area contributed by atoms with Crippen LogP contribution < -0.4 is 5.32 Å². The summed E-state index contributed by atoms with van der Waals surface area (Å²) in [6.45, 7) is 0.505. The molecule has 5 nitrogen and oxygen atoms in total. The topological polar surface area (TPSA) is 52.7 Å². The van der Waals surface area contributed by atoms with Gasteiger partial charge in [0.1, 0.15) is 11.9 Å². The molecule has 1 aliphatic heterocycles. The van der Waals surface area contributed by atoms with Gasteiger partial charge in [-0.1, -0.05) is 23.7 Å². The SMILES string of the molecule is CN1C(=O)[C@H](CC(=O)Nc2ccc(F)cc2)N(CCc2ccc(Cl)cc2)C1=S. The average molecular weight is 420 g/mol. The molecule has 1 heterocycles. The molecule has 0 spiro atoms. The molecule has 0 saturated carbocycles. The smallest absolute Gasteiger partial charge is 0.251 e. The van der Waals surface area contributed by atoms with E-state index in [1.165, 1.54) is 29.2 Å². The van der Waals surface area contributed by atoms with Crippen LogP contribution in [0.5, 0.6) is 0 Å². The molecular formula is C20H19ClFN3O2S. The monoisotopic (exact) mass is 419 g/mol. The Kier molecular flexibility index (Phi) is 6.26. The van der Waals surface area contributed by atoms with Crippen molar-refractivity contribution in [1.82, 2.24) is 9.80 Å². The lowest BCUT2D eigenvalue weighted by Gasteiger charge is -2.23. The van der Waals surface area contributed by atoms with Crippen molar-refractivity contribution in [1.29, 1.82) is 0 Å². The Labute approximate surface area is 173 Å². The van der Waals surface area contributed by atoms with Crippen molar-refractivity contribution in [3.05, 3.63) is 64.9 Å². The van der Waals surface area contributed by atoms with E-state index in [0.717, 1.165) is 5.56 Å². The summed E-state index contributed by atoms with van der Waals surface area (Å²) >= 11 is 11.3. The van der Waals surface area contributed by atoms with Gasteiger partial charge in [0.15, 0.2) is 5.11 Å². The second-order valence-corrected chi connectivity index (χ2v) is 7.33. The Morgan fingerprint density at radius 1 is 1.18 bits per heavy atom. The number of amides is 2. The van der Waals surface area contributed by atoms with E-state index in [1.54, 1.807) is 11.9 Å². The highest BCUT2D eigenvalue weighted by Crippen LogP contribution is 2.21. The highest BCUT2D eigenvalue weighted by atomic mass is 35.5. The van der Waals surface area contributed by atoms with Crippen molar-refractivity contribution in [2.75, 3.05) is 18.9 Å². The van der Waals surface area contributed by atoms with Crippen LogP contribution in [0.3, 0.4) is 0 Å². The summed E-state index contributed by atoms with van der Waals surface area (Å²) in [6, 6.07) is 12.3. The number of thiocarbonyl (C=S) groups is 1. The van der Waals surface area contributed by atoms with Crippen LogP contribution in [0.2, 0.25) is 5.02 Å². The average Bonchev–Trinajstić information content (AvgIpc) is 2.87. The molecule has 146 valence electrons. The zero-order chi connectivity index (χ0) is 20.3. The first-order valence-corrected chi connectivity index (χ1v) is 9.52. The number of anilines is 1. The van der Waals surface area contributed by atoms with Gasteiger partial charge in [-0.15, -0.1) is 0 Å². The van der Waals surface area contributed by atoms with Gasteiger partial charge in [0.05, 0.1) is 6.42 Å². The molecular weight excluding hydrogens is 401 g/mol. The van der Waals surface area contributed by atoms with E-state index >= 15 is 0 Å². The predicted molar refractivity (Wildman–Crippen MR) is 111 cm³/mol. The molecule has 1 saturated heterocycles. The van der Waals surface area contributed by atoms with E-state index in [9.17, 15) is 14.0 Å². The highest BCUT2D eigenvalue weighted by molar-refractivity contribution is 7.80. The number of nitrogens with one attached hydrogen (secondary N) is 1. The van der Waals surface area contributed by atoms with Crippen molar-refractivity contribution >= 4 is 46.4 Å². The fourth-order valence-corrected chi connectivity index (χ4v) is 3.48. The lowest BCUT2D eigenvalue weighted by molar-refractivity contribution is -0.130. The molecule has 0 bridgehead atoms. The van der Waals surface area contributed by atoms with Crippen molar-refractivity contribution in [3.8, 4) is 0 Å². The van der Waals surface area contributed by atoms with Crippen LogP contribution in [0.25, 0.3) is 0 Å². The Morgan fingerprint density at radius 3 is 2.46 bits per heavy atom. The molecule has 0 unspecified atom stereocenters. The molecule has 0 aliphatic carbocycles. The number of benzene rings is 2. The van der Waals surface area contributed by atoms with E-state index in [0.29, 0.717) is 28.8 Å². The Balaban J connectivity index is 1.66. The molecule has 2 amide bonds. The lowest BCUT2D eigenvalue weighted by atomic mass is 10.1. The maximum Gasteiger partial charge on any atom is 0.251 e. The van der Waals surface area contributed by atoms with Crippen molar-refractivity contribution < 1.29 is 14.0 Å². The summed E-state index contributed by atoms with van der Waals surface area (Å²) in [6.07, 6.45) is 0.621. The van der Waals surface area contributed by atoms with Crippen LogP contribution in [0.4, 0.5) is 10.1 Å². The fourth-order valence-electron chi connectivity index (χ4n) is 3.05. The number of likely N-dealkylation sites (N-methyl/N-ethyl adjacent to an activating group) is 1. The zero-order valence-electron chi connectivity index (χ0n) is 15.2. The molecule has 3 rings (SSSR count). The predicted octanol–water partition coefficient (Wildman–Crippen LogP) is 3.48. The molecule has 1 fully saturated rings. The molecule has 1 aliphatic rings. The number of carbonyl (C=O) groups is 2. The van der Waals surface area contributed by atoms with E-state index in [1.807, 2.05) is 24.3 Å². The third kappa shape index (κ3) is 4.66. The minimum atomic E-state index is -0.662. The number of hydrogen-bond acceptors (Lipinski definition) is 3. The van der Waals surface area contributed by atoms with E-state index in [4.69, 9.17) is 23.8 Å². The van der Waals surface area contributed by atoms with Gasteiger partial charge in [-0.2, -0.15) is 0 Å². The second-order valence-electron chi connectivity index (χ2n) is 6.52. The fraction of sp³-hybridized carbons (Fsp3) is 0.250. The first-order chi connectivity index (χ1) is 13.3. The summed E-state index contributed by atoms with van der Waals surface area (Å²) in [5.74, 6) is -0.931. The van der Waals surface area contributed by atoms with E-state index < -0.39 is 6.04 Å². The third-order valence-corrected chi connectivity index (χ3v) is 5.35. The first-order valence-electron chi connectivity index (χ1n) is 8.73. The van der Waals surface area contributed by atoms with Gasteiger partial charge in [0.25, 0.3) is 5.91 Å². The third-order valence-electron chi connectivity index (χ3n) is 4.59. The van der Waals surface area contributed by atoms with Crippen LogP contribution >= 0.6 is 23.8 Å². The molecule has 0 radical (unpaired) electrons. The van der Waals surface area contributed by atoms with Gasteiger partial charge in [-0.25, -0.2) is 4.39 Å². The number of hydrogen-bond donors (Lipinski definition) is 1. The normalized spacial score (nSPS) is 16.6. The number of carbonyl (C=O) groups excluding carboxylic acids is 2. The summed E-state index contributed by atoms with van der Waals surface area (Å²) in [5.41, 5.74) is 1.53. The minimum Gasteiger partial charge on any atom is -0.336 e. The van der Waals surface area contributed by atoms with Gasteiger partial charge < -0.3 is 10.2 Å². The van der Waals surface area contributed by atoms with E-state index in [2.05, 4.69) is 5.32 Å². The molecule has 28 heavy (non-hydrogen) atoms. The van der Waals surface area contributed by atoms with E-state index in [-0.39, 0.29) is 24.1 Å². The van der Waals surface area contributed by atoms with Gasteiger partial charge in [0.2, 0.25) is 5.91 Å². The molecule has 1 atom stereocenters. The largest absolute Gasteiger partial charge is 0.336 e. The Bertz CT molecular complexity index is 889. The quantitative estimate of drug-likeness (QED) is 0.728. The maximum atomic E-state index is 13.0. The first kappa shape index (κ1) is 20.2. The van der Waals surface area contributed by atoms with Gasteiger partial charge in [-0.05, 0) is 60.6 Å². The van der Waals surface area contributed by atoms with Crippen LogP contribution in [0.15, 0.2) is 48.5 Å². The highest BCUT2D eigenvalue weighted by Gasteiger charge is 2.41. The summed E-state index contributed by atoms with van der Waals surface area (Å²) in [7, 11) is 1.61. The molecule has 2 aromatic carbocycles. The Hall–Kier alpha value is -2.51. The molecule has 2 aromatic rings. The van der Waals surface area contributed by atoms with Crippen LogP contribution in [0.1, 0.15) is 12.0 Å². The summed E-state index contributed by atoms with van der Waals surface area (Å²) < 4.78 is 13.0. The lowest BCUT2D eigenvalue weighted by Crippen LogP contribution is -2.39. The molecule has 1 N–H and O–H groups in total. The second kappa shape index (κ2) is 8.67. The van der Waals surface area contributed by atoms with Crippen LogP contribution in [-0.4, -0.2) is 46.4 Å². The maximum absolute atomic E-state index is 13.0. The summed E-state index contributed by atoms with van der Waals surface area (Å²) in [5, 5.41) is 3.75. The zero-order valence-corrected chi connectivity index (χ0v) is 16.8. The molecule has 0 aromatic heterocycles. The molecule has 8 heteroatoms. The van der Waals surface area contributed by atoms with Gasteiger partial charge >= 0.3 is 0 Å². The van der Waals surface area contributed by atoms with Gasteiger partial charge in [0, 0.05) is 24.3 Å².